The van der Waals surface area contributed by atoms with Gasteiger partial charge in [-0.3, -0.25) is 9.59 Å². The maximum atomic E-state index is 12.3. The normalized spacial score (nSPS) is 10.2. The SMILES string of the molecule is COC(=O)c1ccc(OCC(=O)c2ccc(CCNC(C)=O)s2)c(OC)c1. The molecule has 2 aromatic rings. The van der Waals surface area contributed by atoms with Crippen LogP contribution in [0.3, 0.4) is 0 Å². The Labute approximate surface area is 161 Å². The number of thiophene rings is 1. The van der Waals surface area contributed by atoms with Crippen LogP contribution in [0, 0.1) is 0 Å². The summed E-state index contributed by atoms with van der Waals surface area (Å²) in [7, 11) is 2.75. The average Bonchev–Trinajstić information content (AvgIpc) is 3.14. The first kappa shape index (κ1) is 20.4. The van der Waals surface area contributed by atoms with Crippen LogP contribution in [0.5, 0.6) is 11.5 Å². The number of ketones is 1. The van der Waals surface area contributed by atoms with E-state index in [0.29, 0.717) is 34.9 Å². The number of carbonyl (C=O) groups excluding carboxylic acids is 3. The quantitative estimate of drug-likeness (QED) is 0.522. The van der Waals surface area contributed by atoms with Crippen molar-refractivity contribution in [3.8, 4) is 11.5 Å². The zero-order chi connectivity index (χ0) is 19.8. The topological polar surface area (TPSA) is 90.9 Å². The molecule has 1 aromatic carbocycles. The molecule has 0 bridgehead atoms. The van der Waals surface area contributed by atoms with Gasteiger partial charge in [-0.2, -0.15) is 0 Å². The van der Waals surface area contributed by atoms with Crippen molar-refractivity contribution in [2.75, 3.05) is 27.4 Å². The fourth-order valence-corrected chi connectivity index (χ4v) is 3.20. The monoisotopic (exact) mass is 391 g/mol. The number of benzene rings is 1. The molecule has 0 aliphatic rings. The minimum absolute atomic E-state index is 0.0802. The maximum absolute atomic E-state index is 12.3. The van der Waals surface area contributed by atoms with E-state index in [1.807, 2.05) is 6.07 Å². The van der Waals surface area contributed by atoms with Crippen molar-refractivity contribution >= 4 is 29.0 Å². The second kappa shape index (κ2) is 9.72. The second-order valence-electron chi connectivity index (χ2n) is 5.57. The van der Waals surface area contributed by atoms with Crippen LogP contribution in [0.2, 0.25) is 0 Å². The summed E-state index contributed by atoms with van der Waals surface area (Å²) in [5.74, 6) is -0.0246. The Morgan fingerprint density at radius 3 is 2.52 bits per heavy atom. The average molecular weight is 391 g/mol. The molecule has 1 aromatic heterocycles. The number of hydrogen-bond acceptors (Lipinski definition) is 7. The van der Waals surface area contributed by atoms with Crippen LogP contribution >= 0.6 is 11.3 Å². The molecule has 2 rings (SSSR count). The Morgan fingerprint density at radius 2 is 1.85 bits per heavy atom. The summed E-state index contributed by atoms with van der Waals surface area (Å²) in [6.45, 7) is 1.84. The molecule has 8 heteroatoms. The summed E-state index contributed by atoms with van der Waals surface area (Å²) in [6, 6.07) is 8.21. The minimum atomic E-state index is -0.485. The van der Waals surface area contributed by atoms with Crippen LogP contribution in [-0.4, -0.2) is 45.0 Å². The third kappa shape index (κ3) is 5.82. The molecular formula is C19H21NO6S. The van der Waals surface area contributed by atoms with Gasteiger partial charge in [-0.1, -0.05) is 0 Å². The molecule has 144 valence electrons. The standard InChI is InChI=1S/C19H21NO6S/c1-12(21)20-9-8-14-5-7-18(27-14)15(22)11-26-16-6-4-13(19(23)25-3)10-17(16)24-2/h4-7,10H,8-9,11H2,1-3H3,(H,20,21). The number of esters is 1. The largest absolute Gasteiger partial charge is 0.493 e. The molecule has 0 aliphatic carbocycles. The fraction of sp³-hybridized carbons (Fsp3) is 0.316. The Morgan fingerprint density at radius 1 is 1.07 bits per heavy atom. The van der Waals surface area contributed by atoms with Crippen molar-refractivity contribution in [2.24, 2.45) is 0 Å². The van der Waals surface area contributed by atoms with E-state index in [4.69, 9.17) is 9.47 Å². The summed E-state index contributed by atoms with van der Waals surface area (Å²) >= 11 is 1.37. The Kier molecular flexibility index (Phi) is 7.36. The fourth-order valence-electron chi connectivity index (χ4n) is 2.27. The first-order chi connectivity index (χ1) is 12.9. The van der Waals surface area contributed by atoms with E-state index in [9.17, 15) is 14.4 Å². The van der Waals surface area contributed by atoms with E-state index in [1.165, 1.54) is 38.5 Å². The summed E-state index contributed by atoms with van der Waals surface area (Å²) < 4.78 is 15.4. The number of hydrogen-bond donors (Lipinski definition) is 1. The molecule has 1 heterocycles. The second-order valence-corrected chi connectivity index (χ2v) is 6.74. The number of rotatable bonds is 9. The molecule has 0 saturated heterocycles. The predicted octanol–water partition coefficient (Wildman–Crippen LogP) is 2.48. The van der Waals surface area contributed by atoms with Gasteiger partial charge >= 0.3 is 5.97 Å². The van der Waals surface area contributed by atoms with Crippen molar-refractivity contribution in [2.45, 2.75) is 13.3 Å². The molecule has 0 aliphatic heterocycles. The van der Waals surface area contributed by atoms with Crippen molar-refractivity contribution in [3.05, 3.63) is 45.6 Å². The van der Waals surface area contributed by atoms with E-state index in [2.05, 4.69) is 10.1 Å². The molecule has 0 unspecified atom stereocenters. The number of amides is 1. The third-order valence-corrected chi connectivity index (χ3v) is 4.81. The molecule has 0 atom stereocenters. The van der Waals surface area contributed by atoms with Crippen LogP contribution in [0.15, 0.2) is 30.3 Å². The van der Waals surface area contributed by atoms with Crippen LogP contribution in [0.4, 0.5) is 0 Å². The molecule has 27 heavy (non-hydrogen) atoms. The molecule has 0 saturated carbocycles. The molecule has 1 N–H and O–H groups in total. The summed E-state index contributed by atoms with van der Waals surface area (Å²) in [4.78, 5) is 36.4. The van der Waals surface area contributed by atoms with Gasteiger partial charge in [0.1, 0.15) is 0 Å². The van der Waals surface area contributed by atoms with Gasteiger partial charge in [-0.25, -0.2) is 4.79 Å². The van der Waals surface area contributed by atoms with Gasteiger partial charge in [0.05, 0.1) is 24.7 Å². The van der Waals surface area contributed by atoms with E-state index < -0.39 is 5.97 Å². The van der Waals surface area contributed by atoms with Crippen molar-refractivity contribution in [3.63, 3.8) is 0 Å². The minimum Gasteiger partial charge on any atom is -0.493 e. The van der Waals surface area contributed by atoms with Crippen molar-refractivity contribution in [1.82, 2.24) is 5.32 Å². The number of Topliss-reactive ketones (excluding diaryl/α,β-unsaturated/α-hetero) is 1. The first-order valence-corrected chi connectivity index (χ1v) is 9.01. The van der Waals surface area contributed by atoms with Gasteiger partial charge in [0.15, 0.2) is 18.1 Å². The van der Waals surface area contributed by atoms with Crippen molar-refractivity contribution in [1.29, 1.82) is 0 Å². The highest BCUT2D eigenvalue weighted by molar-refractivity contribution is 7.14. The lowest BCUT2D eigenvalue weighted by Crippen LogP contribution is -2.22. The summed E-state index contributed by atoms with van der Waals surface area (Å²) in [5.41, 5.74) is 0.329. The van der Waals surface area contributed by atoms with Gasteiger partial charge in [0.25, 0.3) is 0 Å². The molecule has 0 radical (unpaired) electrons. The Hall–Kier alpha value is -2.87. The van der Waals surface area contributed by atoms with E-state index >= 15 is 0 Å². The van der Waals surface area contributed by atoms with Gasteiger partial charge in [0, 0.05) is 18.3 Å². The van der Waals surface area contributed by atoms with Crippen LogP contribution < -0.4 is 14.8 Å². The van der Waals surface area contributed by atoms with Gasteiger partial charge in [-0.05, 0) is 36.8 Å². The lowest BCUT2D eigenvalue weighted by molar-refractivity contribution is -0.118. The number of ether oxygens (including phenoxy) is 3. The zero-order valence-corrected chi connectivity index (χ0v) is 16.2. The lowest BCUT2D eigenvalue weighted by Gasteiger charge is -2.11. The summed E-state index contributed by atoms with van der Waals surface area (Å²) in [6.07, 6.45) is 0.668. The van der Waals surface area contributed by atoms with Gasteiger partial charge in [0.2, 0.25) is 11.7 Å². The van der Waals surface area contributed by atoms with Crippen LogP contribution in [0.1, 0.15) is 31.8 Å². The number of carbonyl (C=O) groups is 3. The van der Waals surface area contributed by atoms with Crippen LogP contribution in [0.25, 0.3) is 0 Å². The maximum Gasteiger partial charge on any atom is 0.337 e. The van der Waals surface area contributed by atoms with Crippen LogP contribution in [-0.2, 0) is 16.0 Å². The third-order valence-electron chi connectivity index (χ3n) is 3.63. The summed E-state index contributed by atoms with van der Waals surface area (Å²) in [5, 5.41) is 2.72. The molecule has 7 nitrogen and oxygen atoms in total. The predicted molar refractivity (Wildman–Crippen MR) is 101 cm³/mol. The molecular weight excluding hydrogens is 370 g/mol. The van der Waals surface area contributed by atoms with Gasteiger partial charge in [-0.15, -0.1) is 11.3 Å². The smallest absolute Gasteiger partial charge is 0.337 e. The first-order valence-electron chi connectivity index (χ1n) is 8.20. The van der Waals surface area contributed by atoms with E-state index in [1.54, 1.807) is 18.2 Å². The Balaban J connectivity index is 1.96. The molecule has 1 amide bonds. The van der Waals surface area contributed by atoms with Gasteiger partial charge < -0.3 is 19.5 Å². The molecule has 0 fully saturated rings. The van der Waals surface area contributed by atoms with E-state index in [0.717, 1.165) is 4.88 Å². The molecule has 0 spiro atoms. The highest BCUT2D eigenvalue weighted by Gasteiger charge is 2.14. The zero-order valence-electron chi connectivity index (χ0n) is 15.4. The van der Waals surface area contributed by atoms with E-state index in [-0.39, 0.29) is 18.3 Å². The number of nitrogens with one attached hydrogen (secondary N) is 1. The van der Waals surface area contributed by atoms with Crippen molar-refractivity contribution < 1.29 is 28.6 Å². The highest BCUT2D eigenvalue weighted by Crippen LogP contribution is 2.28. The lowest BCUT2D eigenvalue weighted by atomic mass is 10.2. The Bertz CT molecular complexity index is 829. The highest BCUT2D eigenvalue weighted by atomic mass is 32.1. The number of methoxy groups -OCH3 is 2.